The maximum atomic E-state index is 4.76. The van der Waals surface area contributed by atoms with Crippen LogP contribution in [0.5, 0.6) is 0 Å². The van der Waals surface area contributed by atoms with E-state index in [-0.39, 0.29) is 0 Å². The van der Waals surface area contributed by atoms with Crippen molar-refractivity contribution in [1.82, 2.24) is 10.3 Å². The quantitative estimate of drug-likeness (QED) is 0.887. The van der Waals surface area contributed by atoms with Crippen LogP contribution in [0.25, 0.3) is 0 Å². The molecule has 1 aliphatic heterocycles. The van der Waals surface area contributed by atoms with E-state index < -0.39 is 0 Å². The highest BCUT2D eigenvalue weighted by molar-refractivity contribution is 7.13. The second-order valence-electron chi connectivity index (χ2n) is 5.50. The van der Waals surface area contributed by atoms with Gasteiger partial charge >= 0.3 is 0 Å². The van der Waals surface area contributed by atoms with Crippen LogP contribution >= 0.6 is 11.3 Å². The molecule has 3 nitrogen and oxygen atoms in total. The van der Waals surface area contributed by atoms with Crippen LogP contribution in [-0.4, -0.2) is 30.2 Å². The molecule has 2 fully saturated rings. The summed E-state index contributed by atoms with van der Waals surface area (Å²) in [6.07, 6.45) is 7.82. The Kier molecular flexibility index (Phi) is 3.85. The second kappa shape index (κ2) is 5.57. The van der Waals surface area contributed by atoms with E-state index in [1.165, 1.54) is 49.5 Å². The number of rotatable bonds is 5. The first-order valence-electron chi connectivity index (χ1n) is 7.31. The second-order valence-corrected chi connectivity index (χ2v) is 6.34. The number of nitrogens with zero attached hydrogens (tertiary/aromatic N) is 2. The Hall–Kier alpha value is -0.610. The van der Waals surface area contributed by atoms with Crippen molar-refractivity contribution in [3.63, 3.8) is 0 Å². The highest BCUT2D eigenvalue weighted by Gasteiger charge is 2.27. The molecule has 0 amide bonds. The SMILES string of the molecule is CCc1csc(N2CCCCC2CNC2CC2)n1. The van der Waals surface area contributed by atoms with E-state index >= 15 is 0 Å². The minimum atomic E-state index is 0.662. The minimum absolute atomic E-state index is 0.662. The lowest BCUT2D eigenvalue weighted by Gasteiger charge is -2.35. The molecule has 1 N–H and O–H groups in total. The predicted molar refractivity (Wildman–Crippen MR) is 77.5 cm³/mol. The van der Waals surface area contributed by atoms with Gasteiger partial charge in [0.25, 0.3) is 0 Å². The summed E-state index contributed by atoms with van der Waals surface area (Å²) in [5.41, 5.74) is 1.24. The molecule has 1 unspecified atom stereocenters. The number of hydrogen-bond acceptors (Lipinski definition) is 4. The lowest BCUT2D eigenvalue weighted by Crippen LogP contribution is -2.46. The zero-order valence-corrected chi connectivity index (χ0v) is 12.0. The predicted octanol–water partition coefficient (Wildman–Crippen LogP) is 2.82. The Balaban J connectivity index is 1.65. The first kappa shape index (κ1) is 12.4. The summed E-state index contributed by atoms with van der Waals surface area (Å²) in [6, 6.07) is 1.48. The fraction of sp³-hybridized carbons (Fsp3) is 0.786. The lowest BCUT2D eigenvalue weighted by molar-refractivity contribution is 0.434. The van der Waals surface area contributed by atoms with Crippen molar-refractivity contribution in [2.75, 3.05) is 18.0 Å². The molecule has 1 atom stereocenters. The van der Waals surface area contributed by atoms with Gasteiger partial charge in [-0.05, 0) is 38.5 Å². The summed E-state index contributed by atoms with van der Waals surface area (Å²) in [6.45, 7) is 4.51. The van der Waals surface area contributed by atoms with Crippen LogP contribution in [-0.2, 0) is 6.42 Å². The van der Waals surface area contributed by atoms with Crippen LogP contribution in [0.1, 0.15) is 44.7 Å². The van der Waals surface area contributed by atoms with Crippen LogP contribution in [0.2, 0.25) is 0 Å². The highest BCUT2D eigenvalue weighted by Crippen LogP contribution is 2.28. The first-order chi connectivity index (χ1) is 8.86. The minimum Gasteiger partial charge on any atom is -0.344 e. The van der Waals surface area contributed by atoms with Crippen molar-refractivity contribution in [3.8, 4) is 0 Å². The van der Waals surface area contributed by atoms with E-state index in [4.69, 9.17) is 4.98 Å². The average molecular weight is 265 g/mol. The Morgan fingerprint density at radius 3 is 3.00 bits per heavy atom. The van der Waals surface area contributed by atoms with Gasteiger partial charge in [-0.15, -0.1) is 11.3 Å². The molecular weight excluding hydrogens is 242 g/mol. The fourth-order valence-corrected chi connectivity index (χ4v) is 3.65. The Bertz CT molecular complexity index is 386. The maximum absolute atomic E-state index is 4.76. The lowest BCUT2D eigenvalue weighted by atomic mass is 10.0. The Morgan fingerprint density at radius 2 is 2.28 bits per heavy atom. The molecule has 0 bridgehead atoms. The largest absolute Gasteiger partial charge is 0.344 e. The van der Waals surface area contributed by atoms with Gasteiger partial charge in [-0.2, -0.15) is 0 Å². The Labute approximate surface area is 114 Å². The molecule has 4 heteroatoms. The van der Waals surface area contributed by atoms with E-state index in [1.807, 2.05) is 11.3 Å². The number of thiazole rings is 1. The van der Waals surface area contributed by atoms with Gasteiger partial charge in [-0.3, -0.25) is 0 Å². The van der Waals surface area contributed by atoms with E-state index in [0.717, 1.165) is 19.0 Å². The highest BCUT2D eigenvalue weighted by atomic mass is 32.1. The van der Waals surface area contributed by atoms with E-state index in [0.29, 0.717) is 6.04 Å². The molecule has 1 aromatic rings. The summed E-state index contributed by atoms with van der Waals surface area (Å²) in [7, 11) is 0. The molecule has 1 saturated heterocycles. The van der Waals surface area contributed by atoms with Gasteiger partial charge in [0, 0.05) is 30.6 Å². The van der Waals surface area contributed by atoms with Crippen LogP contribution in [0.3, 0.4) is 0 Å². The summed E-state index contributed by atoms with van der Waals surface area (Å²) in [5, 5.41) is 7.14. The van der Waals surface area contributed by atoms with Crippen LogP contribution in [0.15, 0.2) is 5.38 Å². The number of piperidine rings is 1. The third-order valence-electron chi connectivity index (χ3n) is 3.99. The normalized spacial score (nSPS) is 24.5. The van der Waals surface area contributed by atoms with Gasteiger partial charge in [-0.25, -0.2) is 4.98 Å². The summed E-state index contributed by atoms with van der Waals surface area (Å²) < 4.78 is 0. The van der Waals surface area contributed by atoms with Gasteiger partial charge in [0.1, 0.15) is 0 Å². The molecule has 1 aromatic heterocycles. The van der Waals surface area contributed by atoms with E-state index in [1.54, 1.807) is 0 Å². The van der Waals surface area contributed by atoms with Crippen LogP contribution in [0.4, 0.5) is 5.13 Å². The fourth-order valence-electron chi connectivity index (χ4n) is 2.65. The van der Waals surface area contributed by atoms with Crippen LogP contribution < -0.4 is 10.2 Å². The molecule has 1 saturated carbocycles. The molecule has 0 aromatic carbocycles. The smallest absolute Gasteiger partial charge is 0.185 e. The molecule has 0 spiro atoms. The zero-order valence-electron chi connectivity index (χ0n) is 11.2. The maximum Gasteiger partial charge on any atom is 0.185 e. The van der Waals surface area contributed by atoms with Crippen LogP contribution in [0, 0.1) is 0 Å². The number of nitrogens with one attached hydrogen (secondary N) is 1. The molecule has 2 heterocycles. The third kappa shape index (κ3) is 2.86. The number of hydrogen-bond donors (Lipinski definition) is 1. The molecule has 3 rings (SSSR count). The molecular formula is C14H23N3S. The Morgan fingerprint density at radius 1 is 1.39 bits per heavy atom. The van der Waals surface area contributed by atoms with Gasteiger partial charge in [-0.1, -0.05) is 6.92 Å². The summed E-state index contributed by atoms with van der Waals surface area (Å²) >= 11 is 1.82. The summed E-state index contributed by atoms with van der Waals surface area (Å²) in [4.78, 5) is 7.31. The number of anilines is 1. The van der Waals surface area contributed by atoms with Gasteiger partial charge in [0.2, 0.25) is 0 Å². The van der Waals surface area contributed by atoms with Gasteiger partial charge in [0.15, 0.2) is 5.13 Å². The van der Waals surface area contributed by atoms with Crippen molar-refractivity contribution in [1.29, 1.82) is 0 Å². The van der Waals surface area contributed by atoms with Crippen molar-refractivity contribution in [2.24, 2.45) is 0 Å². The molecule has 100 valence electrons. The summed E-state index contributed by atoms with van der Waals surface area (Å²) in [5.74, 6) is 0. The number of aromatic nitrogens is 1. The standard InChI is InChI=1S/C14H23N3S/c1-2-11-10-18-14(16-11)17-8-4-3-5-13(17)9-15-12-6-7-12/h10,12-13,15H,2-9H2,1H3. The molecule has 0 radical (unpaired) electrons. The zero-order chi connectivity index (χ0) is 12.4. The van der Waals surface area contributed by atoms with E-state index in [9.17, 15) is 0 Å². The first-order valence-corrected chi connectivity index (χ1v) is 8.19. The molecule has 1 aliphatic carbocycles. The van der Waals surface area contributed by atoms with Crippen molar-refractivity contribution >= 4 is 16.5 Å². The third-order valence-corrected chi connectivity index (χ3v) is 4.92. The topological polar surface area (TPSA) is 28.2 Å². The molecule has 2 aliphatic rings. The van der Waals surface area contributed by atoms with Gasteiger partial charge < -0.3 is 10.2 Å². The van der Waals surface area contributed by atoms with E-state index in [2.05, 4.69) is 22.5 Å². The van der Waals surface area contributed by atoms with Gasteiger partial charge in [0.05, 0.1) is 5.69 Å². The van der Waals surface area contributed by atoms with Crippen molar-refractivity contribution in [3.05, 3.63) is 11.1 Å². The van der Waals surface area contributed by atoms with Crippen molar-refractivity contribution < 1.29 is 0 Å². The monoisotopic (exact) mass is 265 g/mol. The van der Waals surface area contributed by atoms with Crippen molar-refractivity contribution in [2.45, 2.75) is 57.5 Å². The molecule has 18 heavy (non-hydrogen) atoms. The average Bonchev–Trinajstić information content (AvgIpc) is 3.12. The number of aryl methyl sites for hydroxylation is 1.